The smallest absolute Gasteiger partial charge is 0.317 e. The molecule has 0 heterocycles. The van der Waals surface area contributed by atoms with Crippen molar-refractivity contribution in [1.82, 2.24) is 9.80 Å². The standard InChI is InChI=1S/C11H24N2O3/c1-4-16-9-5-6-13(10-11(14)15)8-7-12(2)3/h4-10H2,1-3H3,(H,14,15). The number of hydrogen-bond donors (Lipinski definition) is 1. The number of aliphatic carboxylic acids is 1. The first kappa shape index (κ1) is 15.3. The van der Waals surface area contributed by atoms with Gasteiger partial charge in [0.1, 0.15) is 0 Å². The van der Waals surface area contributed by atoms with Crippen LogP contribution in [-0.4, -0.2) is 74.4 Å². The minimum atomic E-state index is -0.768. The molecule has 0 rings (SSSR count). The average molecular weight is 232 g/mol. The first-order chi connectivity index (χ1) is 7.56. The maximum atomic E-state index is 10.7. The van der Waals surface area contributed by atoms with E-state index < -0.39 is 5.97 Å². The quantitative estimate of drug-likeness (QED) is 0.551. The fraction of sp³-hybridized carbons (Fsp3) is 0.909. The monoisotopic (exact) mass is 232 g/mol. The predicted octanol–water partition coefficient (Wildman–Crippen LogP) is 0.361. The van der Waals surface area contributed by atoms with Gasteiger partial charge in [0.05, 0.1) is 6.54 Å². The van der Waals surface area contributed by atoms with Gasteiger partial charge in [-0.1, -0.05) is 0 Å². The first-order valence-corrected chi connectivity index (χ1v) is 5.73. The van der Waals surface area contributed by atoms with Crippen LogP contribution in [0.15, 0.2) is 0 Å². The number of ether oxygens (including phenoxy) is 1. The van der Waals surface area contributed by atoms with E-state index in [0.29, 0.717) is 6.61 Å². The lowest BCUT2D eigenvalue weighted by molar-refractivity contribution is -0.138. The van der Waals surface area contributed by atoms with Crippen LogP contribution in [0.3, 0.4) is 0 Å². The zero-order chi connectivity index (χ0) is 12.4. The molecular formula is C11H24N2O3. The van der Waals surface area contributed by atoms with Crippen molar-refractivity contribution >= 4 is 5.97 Å². The van der Waals surface area contributed by atoms with Gasteiger partial charge in [0, 0.05) is 32.8 Å². The van der Waals surface area contributed by atoms with Crippen LogP contribution in [0.1, 0.15) is 13.3 Å². The highest BCUT2D eigenvalue weighted by Gasteiger charge is 2.09. The molecule has 0 saturated heterocycles. The van der Waals surface area contributed by atoms with Crippen molar-refractivity contribution < 1.29 is 14.6 Å². The minimum absolute atomic E-state index is 0.111. The number of likely N-dealkylation sites (N-methyl/N-ethyl adjacent to an activating group) is 1. The second kappa shape index (κ2) is 9.57. The van der Waals surface area contributed by atoms with Crippen LogP contribution >= 0.6 is 0 Å². The number of rotatable bonds is 10. The first-order valence-electron chi connectivity index (χ1n) is 5.73. The number of nitrogens with zero attached hydrogens (tertiary/aromatic N) is 2. The summed E-state index contributed by atoms with van der Waals surface area (Å²) in [7, 11) is 3.97. The van der Waals surface area contributed by atoms with E-state index in [9.17, 15) is 4.79 Å². The molecule has 96 valence electrons. The van der Waals surface area contributed by atoms with Crippen molar-refractivity contribution in [2.75, 3.05) is 53.5 Å². The second-order valence-corrected chi connectivity index (χ2v) is 4.02. The molecular weight excluding hydrogens is 208 g/mol. The lowest BCUT2D eigenvalue weighted by Crippen LogP contribution is -2.36. The van der Waals surface area contributed by atoms with Crippen molar-refractivity contribution in [3.05, 3.63) is 0 Å². The van der Waals surface area contributed by atoms with E-state index in [-0.39, 0.29) is 6.54 Å². The number of hydrogen-bond acceptors (Lipinski definition) is 4. The Balaban J connectivity index is 3.76. The molecule has 0 aliphatic rings. The number of carbonyl (C=O) groups is 1. The Morgan fingerprint density at radius 2 is 1.94 bits per heavy atom. The molecule has 0 amide bonds. The third kappa shape index (κ3) is 9.89. The molecule has 16 heavy (non-hydrogen) atoms. The highest BCUT2D eigenvalue weighted by atomic mass is 16.5. The highest BCUT2D eigenvalue weighted by molar-refractivity contribution is 5.69. The molecule has 0 aromatic carbocycles. The van der Waals surface area contributed by atoms with Gasteiger partial charge in [-0.2, -0.15) is 0 Å². The van der Waals surface area contributed by atoms with E-state index in [1.165, 1.54) is 0 Å². The summed E-state index contributed by atoms with van der Waals surface area (Å²) >= 11 is 0. The van der Waals surface area contributed by atoms with Crippen LogP contribution in [0, 0.1) is 0 Å². The molecule has 0 bridgehead atoms. The van der Waals surface area contributed by atoms with Crippen LogP contribution in [0.4, 0.5) is 0 Å². The van der Waals surface area contributed by atoms with Crippen molar-refractivity contribution in [2.24, 2.45) is 0 Å². The van der Waals surface area contributed by atoms with Crippen LogP contribution in [0.2, 0.25) is 0 Å². The Hall–Kier alpha value is -0.650. The van der Waals surface area contributed by atoms with Gasteiger partial charge in [0.25, 0.3) is 0 Å². The molecule has 5 nitrogen and oxygen atoms in total. The average Bonchev–Trinajstić information content (AvgIpc) is 2.19. The molecule has 0 aliphatic carbocycles. The molecule has 0 aliphatic heterocycles. The van der Waals surface area contributed by atoms with Crippen LogP contribution in [-0.2, 0) is 9.53 Å². The van der Waals surface area contributed by atoms with Gasteiger partial charge >= 0.3 is 5.97 Å². The van der Waals surface area contributed by atoms with Crippen LogP contribution in [0.25, 0.3) is 0 Å². The molecule has 0 unspecified atom stereocenters. The Labute approximate surface area is 98.0 Å². The summed E-state index contributed by atoms with van der Waals surface area (Å²) in [5, 5.41) is 8.77. The van der Waals surface area contributed by atoms with Crippen LogP contribution < -0.4 is 0 Å². The van der Waals surface area contributed by atoms with Crippen molar-refractivity contribution in [2.45, 2.75) is 13.3 Å². The SMILES string of the molecule is CCOCCCN(CCN(C)C)CC(=O)O. The lowest BCUT2D eigenvalue weighted by atomic mass is 10.3. The van der Waals surface area contributed by atoms with E-state index in [2.05, 4.69) is 4.90 Å². The molecule has 0 atom stereocenters. The largest absolute Gasteiger partial charge is 0.480 e. The molecule has 1 N–H and O–H groups in total. The van der Waals surface area contributed by atoms with Gasteiger partial charge in [-0.05, 0) is 27.4 Å². The van der Waals surface area contributed by atoms with Gasteiger partial charge < -0.3 is 14.7 Å². The minimum Gasteiger partial charge on any atom is -0.480 e. The Kier molecular flexibility index (Phi) is 9.18. The number of carboxylic acid groups (broad SMARTS) is 1. The van der Waals surface area contributed by atoms with Gasteiger partial charge in [-0.25, -0.2) is 0 Å². The topological polar surface area (TPSA) is 53.0 Å². The summed E-state index contributed by atoms with van der Waals surface area (Å²) in [4.78, 5) is 14.7. The summed E-state index contributed by atoms with van der Waals surface area (Å²) in [6.07, 6.45) is 0.883. The summed E-state index contributed by atoms with van der Waals surface area (Å²) < 4.78 is 5.23. The van der Waals surface area contributed by atoms with Gasteiger partial charge in [-0.15, -0.1) is 0 Å². The summed E-state index contributed by atoms with van der Waals surface area (Å²) in [5.74, 6) is -0.768. The van der Waals surface area contributed by atoms with Gasteiger partial charge in [0.2, 0.25) is 0 Å². The second-order valence-electron chi connectivity index (χ2n) is 4.02. The summed E-state index contributed by atoms with van der Waals surface area (Å²) in [6.45, 7) is 5.93. The van der Waals surface area contributed by atoms with Crippen LogP contribution in [0.5, 0.6) is 0 Å². The maximum Gasteiger partial charge on any atom is 0.317 e. The predicted molar refractivity (Wildman–Crippen MR) is 63.7 cm³/mol. The van der Waals surface area contributed by atoms with Crippen molar-refractivity contribution in [3.63, 3.8) is 0 Å². The molecule has 0 saturated carbocycles. The van der Waals surface area contributed by atoms with Crippen molar-refractivity contribution in [1.29, 1.82) is 0 Å². The molecule has 0 spiro atoms. The zero-order valence-electron chi connectivity index (χ0n) is 10.6. The fourth-order valence-electron chi connectivity index (χ4n) is 1.34. The van der Waals surface area contributed by atoms with Gasteiger partial charge in [0.15, 0.2) is 0 Å². The van der Waals surface area contributed by atoms with E-state index in [0.717, 1.165) is 32.7 Å². The molecule has 0 aromatic heterocycles. The fourth-order valence-corrected chi connectivity index (χ4v) is 1.34. The molecule has 0 fully saturated rings. The third-order valence-electron chi connectivity index (χ3n) is 2.19. The van der Waals surface area contributed by atoms with Gasteiger partial charge in [-0.3, -0.25) is 9.69 Å². The Morgan fingerprint density at radius 1 is 1.25 bits per heavy atom. The van der Waals surface area contributed by atoms with E-state index >= 15 is 0 Å². The molecule has 5 heteroatoms. The lowest BCUT2D eigenvalue weighted by Gasteiger charge is -2.22. The summed E-state index contributed by atoms with van der Waals surface area (Å²) in [6, 6.07) is 0. The summed E-state index contributed by atoms with van der Waals surface area (Å²) in [5.41, 5.74) is 0. The zero-order valence-corrected chi connectivity index (χ0v) is 10.6. The Morgan fingerprint density at radius 3 is 2.44 bits per heavy atom. The highest BCUT2D eigenvalue weighted by Crippen LogP contribution is 1.93. The molecule has 0 radical (unpaired) electrons. The molecule has 0 aromatic rings. The Bertz CT molecular complexity index is 186. The maximum absolute atomic E-state index is 10.7. The van der Waals surface area contributed by atoms with E-state index in [1.807, 2.05) is 25.9 Å². The number of carboxylic acids is 1. The van der Waals surface area contributed by atoms with Crippen molar-refractivity contribution in [3.8, 4) is 0 Å². The third-order valence-corrected chi connectivity index (χ3v) is 2.19. The van der Waals surface area contributed by atoms with E-state index in [4.69, 9.17) is 9.84 Å². The normalized spacial score (nSPS) is 11.3. The van der Waals surface area contributed by atoms with E-state index in [1.54, 1.807) is 0 Å².